The van der Waals surface area contributed by atoms with Crippen LogP contribution in [0.2, 0.25) is 0 Å². The smallest absolute Gasteiger partial charge is 0.255 e. The number of likely N-dealkylation sites (N-methyl/N-ethyl adjacent to an activating group) is 1. The van der Waals surface area contributed by atoms with Crippen LogP contribution in [0.15, 0.2) is 18.5 Å². The molecule has 1 aromatic rings. The van der Waals surface area contributed by atoms with Gasteiger partial charge in [-0.1, -0.05) is 0 Å². The molecule has 1 saturated heterocycles. The number of hydrogen-bond acceptors (Lipinski definition) is 4. The minimum atomic E-state index is -0.499. The Morgan fingerprint density at radius 3 is 3.22 bits per heavy atom. The number of nitrogens with one attached hydrogen (secondary N) is 1. The van der Waals surface area contributed by atoms with Crippen molar-refractivity contribution in [3.63, 3.8) is 0 Å². The van der Waals surface area contributed by atoms with Crippen LogP contribution >= 0.6 is 0 Å². The topological polar surface area (TPSA) is 54.5 Å². The number of carbonyl (C=O) groups excluding carboxylic acids is 1. The first-order chi connectivity index (χ1) is 8.70. The fourth-order valence-corrected chi connectivity index (χ4v) is 1.97. The number of pyridine rings is 1. The van der Waals surface area contributed by atoms with Gasteiger partial charge in [-0.15, -0.1) is 0 Å². The van der Waals surface area contributed by atoms with Crippen molar-refractivity contribution < 1.29 is 13.9 Å². The van der Waals surface area contributed by atoms with E-state index in [1.807, 2.05) is 7.05 Å². The maximum absolute atomic E-state index is 13.0. The van der Waals surface area contributed by atoms with Crippen LogP contribution in [0.25, 0.3) is 0 Å². The number of nitrogens with zero attached hydrogens (tertiary/aromatic N) is 2. The second kappa shape index (κ2) is 5.88. The van der Waals surface area contributed by atoms with Crippen LogP contribution < -0.4 is 5.32 Å². The summed E-state index contributed by atoms with van der Waals surface area (Å²) in [6.07, 6.45) is 2.45. The number of hydrogen-bond donors (Lipinski definition) is 1. The van der Waals surface area contributed by atoms with Crippen molar-refractivity contribution in [1.29, 1.82) is 0 Å². The van der Waals surface area contributed by atoms with Crippen molar-refractivity contribution >= 4 is 5.91 Å². The van der Waals surface area contributed by atoms with E-state index in [1.165, 1.54) is 12.3 Å². The third-order valence-electron chi connectivity index (χ3n) is 2.81. The standard InChI is InChI=1S/C12H16FN3O2/c1-14-7-11-8-16(2-3-18-11)12(17)9-4-10(13)6-15-5-9/h4-6,11,14H,2-3,7-8H2,1H3. The average molecular weight is 253 g/mol. The molecule has 1 N–H and O–H groups in total. The molecular formula is C12H16FN3O2. The molecule has 1 amide bonds. The van der Waals surface area contributed by atoms with Crippen LogP contribution in [0.4, 0.5) is 4.39 Å². The maximum atomic E-state index is 13.0. The fourth-order valence-electron chi connectivity index (χ4n) is 1.97. The molecule has 0 radical (unpaired) electrons. The molecule has 1 aromatic heterocycles. The molecule has 0 aromatic carbocycles. The first-order valence-electron chi connectivity index (χ1n) is 5.86. The number of morpholine rings is 1. The van der Waals surface area contributed by atoms with Gasteiger partial charge in [0.25, 0.3) is 5.91 Å². The SMILES string of the molecule is CNCC1CN(C(=O)c2cncc(F)c2)CCO1. The van der Waals surface area contributed by atoms with Gasteiger partial charge in [-0.05, 0) is 13.1 Å². The van der Waals surface area contributed by atoms with Crippen molar-refractivity contribution in [1.82, 2.24) is 15.2 Å². The number of rotatable bonds is 3. The molecule has 1 fully saturated rings. The molecule has 0 saturated carbocycles. The molecule has 5 nitrogen and oxygen atoms in total. The fraction of sp³-hybridized carbons (Fsp3) is 0.500. The van der Waals surface area contributed by atoms with E-state index in [9.17, 15) is 9.18 Å². The first-order valence-corrected chi connectivity index (χ1v) is 5.86. The lowest BCUT2D eigenvalue weighted by molar-refractivity contribution is -0.0196. The predicted octanol–water partition coefficient (Wildman–Crippen LogP) is 0.281. The molecule has 98 valence electrons. The van der Waals surface area contributed by atoms with Crippen LogP contribution in [-0.2, 0) is 4.74 Å². The maximum Gasteiger partial charge on any atom is 0.255 e. The Kier molecular flexibility index (Phi) is 4.22. The molecule has 0 bridgehead atoms. The van der Waals surface area contributed by atoms with Gasteiger partial charge >= 0.3 is 0 Å². The normalized spacial score (nSPS) is 19.9. The van der Waals surface area contributed by atoms with E-state index in [0.29, 0.717) is 26.2 Å². The van der Waals surface area contributed by atoms with Crippen LogP contribution in [0.5, 0.6) is 0 Å². The van der Waals surface area contributed by atoms with Crippen molar-refractivity contribution in [2.24, 2.45) is 0 Å². The monoisotopic (exact) mass is 253 g/mol. The lowest BCUT2D eigenvalue weighted by Crippen LogP contribution is -2.48. The number of aromatic nitrogens is 1. The number of halogens is 1. The van der Waals surface area contributed by atoms with Crippen LogP contribution in [0.1, 0.15) is 10.4 Å². The molecule has 0 spiro atoms. The molecule has 1 aliphatic heterocycles. The second-order valence-corrected chi connectivity index (χ2v) is 4.19. The second-order valence-electron chi connectivity index (χ2n) is 4.19. The average Bonchev–Trinajstić information content (AvgIpc) is 2.39. The minimum Gasteiger partial charge on any atom is -0.373 e. The summed E-state index contributed by atoms with van der Waals surface area (Å²) < 4.78 is 18.5. The molecular weight excluding hydrogens is 237 g/mol. The number of carbonyl (C=O) groups is 1. The van der Waals surface area contributed by atoms with E-state index in [0.717, 1.165) is 6.20 Å². The van der Waals surface area contributed by atoms with Crippen LogP contribution in [0.3, 0.4) is 0 Å². The van der Waals surface area contributed by atoms with Crippen molar-refractivity contribution in [3.05, 3.63) is 29.8 Å². The Hall–Kier alpha value is -1.53. The van der Waals surface area contributed by atoms with E-state index < -0.39 is 5.82 Å². The van der Waals surface area contributed by atoms with Crippen LogP contribution in [-0.4, -0.2) is 55.2 Å². The first kappa shape index (κ1) is 12.9. The third-order valence-corrected chi connectivity index (χ3v) is 2.81. The van der Waals surface area contributed by atoms with Gasteiger partial charge < -0.3 is 15.0 Å². The molecule has 18 heavy (non-hydrogen) atoms. The van der Waals surface area contributed by atoms with Crippen molar-refractivity contribution in [2.75, 3.05) is 33.3 Å². The summed E-state index contributed by atoms with van der Waals surface area (Å²) in [7, 11) is 1.83. The van der Waals surface area contributed by atoms with E-state index >= 15 is 0 Å². The van der Waals surface area contributed by atoms with E-state index in [2.05, 4.69) is 10.3 Å². The Morgan fingerprint density at radius 2 is 2.50 bits per heavy atom. The van der Waals surface area contributed by atoms with Gasteiger partial charge in [0.1, 0.15) is 5.82 Å². The van der Waals surface area contributed by atoms with E-state index in [-0.39, 0.29) is 17.6 Å². The predicted molar refractivity (Wildman–Crippen MR) is 63.8 cm³/mol. The highest BCUT2D eigenvalue weighted by Crippen LogP contribution is 2.10. The summed E-state index contributed by atoms with van der Waals surface area (Å²) >= 11 is 0. The summed E-state index contributed by atoms with van der Waals surface area (Å²) in [5, 5.41) is 3.01. The molecule has 1 atom stereocenters. The third kappa shape index (κ3) is 3.02. The largest absolute Gasteiger partial charge is 0.373 e. The summed E-state index contributed by atoms with van der Waals surface area (Å²) in [5.74, 6) is -0.702. The molecule has 1 unspecified atom stereocenters. The number of amides is 1. The summed E-state index contributed by atoms with van der Waals surface area (Å²) in [5.41, 5.74) is 0.278. The van der Waals surface area contributed by atoms with Gasteiger partial charge in [-0.2, -0.15) is 0 Å². The number of ether oxygens (including phenoxy) is 1. The molecule has 1 aliphatic rings. The molecule has 0 aliphatic carbocycles. The summed E-state index contributed by atoms with van der Waals surface area (Å²) in [6, 6.07) is 1.21. The zero-order valence-electron chi connectivity index (χ0n) is 10.2. The Morgan fingerprint density at radius 1 is 1.67 bits per heavy atom. The Bertz CT molecular complexity index is 426. The quantitative estimate of drug-likeness (QED) is 0.840. The van der Waals surface area contributed by atoms with Gasteiger partial charge in [0, 0.05) is 25.8 Å². The molecule has 6 heteroatoms. The lowest BCUT2D eigenvalue weighted by Gasteiger charge is -2.32. The highest BCUT2D eigenvalue weighted by molar-refractivity contribution is 5.94. The zero-order valence-corrected chi connectivity index (χ0v) is 10.2. The lowest BCUT2D eigenvalue weighted by atomic mass is 10.2. The molecule has 2 heterocycles. The minimum absolute atomic E-state index is 0.0192. The van der Waals surface area contributed by atoms with E-state index in [1.54, 1.807) is 4.90 Å². The Labute approximate surface area is 105 Å². The van der Waals surface area contributed by atoms with Gasteiger partial charge in [-0.25, -0.2) is 4.39 Å². The highest BCUT2D eigenvalue weighted by Gasteiger charge is 2.24. The summed E-state index contributed by atoms with van der Waals surface area (Å²) in [4.78, 5) is 17.5. The van der Waals surface area contributed by atoms with E-state index in [4.69, 9.17) is 4.74 Å². The van der Waals surface area contributed by atoms with Crippen molar-refractivity contribution in [3.8, 4) is 0 Å². The highest BCUT2D eigenvalue weighted by atomic mass is 19.1. The Balaban J connectivity index is 2.04. The van der Waals surface area contributed by atoms with Crippen LogP contribution in [0, 0.1) is 5.82 Å². The zero-order chi connectivity index (χ0) is 13.0. The van der Waals surface area contributed by atoms with Gasteiger partial charge in [-0.3, -0.25) is 9.78 Å². The van der Waals surface area contributed by atoms with Gasteiger partial charge in [0.05, 0.1) is 24.5 Å². The molecule has 2 rings (SSSR count). The summed E-state index contributed by atoms with van der Waals surface area (Å²) in [6.45, 7) is 2.22. The van der Waals surface area contributed by atoms with Gasteiger partial charge in [0.15, 0.2) is 0 Å². The van der Waals surface area contributed by atoms with Gasteiger partial charge in [0.2, 0.25) is 0 Å². The van der Waals surface area contributed by atoms with Crippen molar-refractivity contribution in [2.45, 2.75) is 6.10 Å².